The monoisotopic (exact) mass is 386 g/mol. The minimum Gasteiger partial charge on any atom is -0.343 e. The third kappa shape index (κ3) is 4.36. The van der Waals surface area contributed by atoms with Gasteiger partial charge in [0.15, 0.2) is 0 Å². The quantitative estimate of drug-likeness (QED) is 0.726. The van der Waals surface area contributed by atoms with Gasteiger partial charge in [-0.05, 0) is 47.6 Å². The van der Waals surface area contributed by atoms with E-state index >= 15 is 0 Å². The SMILES string of the molecule is N#CCNC(=O)C1CCCCC1c1ccccc1-c1cccc(C(F)(F)F)c1. The van der Waals surface area contributed by atoms with Crippen LogP contribution in [0.4, 0.5) is 13.2 Å². The lowest BCUT2D eigenvalue weighted by molar-refractivity contribution is -0.137. The lowest BCUT2D eigenvalue weighted by atomic mass is 9.73. The summed E-state index contributed by atoms with van der Waals surface area (Å²) in [5.74, 6) is -0.530. The molecule has 28 heavy (non-hydrogen) atoms. The number of nitriles is 1. The van der Waals surface area contributed by atoms with E-state index in [2.05, 4.69) is 5.32 Å². The fourth-order valence-corrected chi connectivity index (χ4v) is 4.02. The summed E-state index contributed by atoms with van der Waals surface area (Å²) in [5.41, 5.74) is 1.41. The molecular formula is C22H21F3N2O. The number of nitrogens with zero attached hydrogens (tertiary/aromatic N) is 1. The van der Waals surface area contributed by atoms with Crippen LogP contribution in [0.15, 0.2) is 48.5 Å². The van der Waals surface area contributed by atoms with E-state index in [1.807, 2.05) is 24.3 Å². The van der Waals surface area contributed by atoms with Crippen LogP contribution in [0.3, 0.4) is 0 Å². The van der Waals surface area contributed by atoms with Crippen molar-refractivity contribution in [2.24, 2.45) is 5.92 Å². The van der Waals surface area contributed by atoms with E-state index < -0.39 is 11.7 Å². The standard InChI is InChI=1S/C22H21F3N2O/c23-22(24,25)16-7-5-6-15(14-16)17-8-1-2-9-18(17)19-10-3-4-11-20(19)21(28)27-13-12-26/h1-2,5-9,14,19-20H,3-4,10-11,13H2,(H,27,28). The van der Waals surface area contributed by atoms with Crippen LogP contribution in [0.25, 0.3) is 11.1 Å². The topological polar surface area (TPSA) is 52.9 Å². The second-order valence-electron chi connectivity index (χ2n) is 7.04. The highest BCUT2D eigenvalue weighted by Gasteiger charge is 2.34. The van der Waals surface area contributed by atoms with Crippen molar-refractivity contribution >= 4 is 5.91 Å². The fourth-order valence-electron chi connectivity index (χ4n) is 4.02. The number of hydrogen-bond donors (Lipinski definition) is 1. The Kier molecular flexibility index (Phi) is 6.03. The number of rotatable bonds is 4. The van der Waals surface area contributed by atoms with Gasteiger partial charge >= 0.3 is 6.18 Å². The maximum atomic E-state index is 13.1. The Hall–Kier alpha value is -2.81. The molecular weight excluding hydrogens is 365 g/mol. The van der Waals surface area contributed by atoms with Crippen LogP contribution in [0.2, 0.25) is 0 Å². The van der Waals surface area contributed by atoms with Crippen LogP contribution < -0.4 is 5.32 Å². The van der Waals surface area contributed by atoms with Gasteiger partial charge in [-0.3, -0.25) is 4.79 Å². The molecule has 1 saturated carbocycles. The van der Waals surface area contributed by atoms with E-state index in [9.17, 15) is 18.0 Å². The lowest BCUT2D eigenvalue weighted by Crippen LogP contribution is -2.36. The number of hydrogen-bond acceptors (Lipinski definition) is 2. The first kappa shape index (κ1) is 19.9. The molecule has 1 aliphatic rings. The predicted octanol–water partition coefficient (Wildman–Crippen LogP) is 5.29. The van der Waals surface area contributed by atoms with Gasteiger partial charge in [-0.25, -0.2) is 0 Å². The Morgan fingerprint density at radius 3 is 2.61 bits per heavy atom. The minimum absolute atomic E-state index is 0.0443. The van der Waals surface area contributed by atoms with Gasteiger partial charge < -0.3 is 5.32 Å². The molecule has 2 aromatic carbocycles. The van der Waals surface area contributed by atoms with Crippen LogP contribution >= 0.6 is 0 Å². The van der Waals surface area contributed by atoms with Gasteiger partial charge in [-0.2, -0.15) is 18.4 Å². The first-order valence-electron chi connectivity index (χ1n) is 9.33. The largest absolute Gasteiger partial charge is 0.416 e. The molecule has 0 heterocycles. The zero-order valence-corrected chi connectivity index (χ0v) is 15.3. The molecule has 2 aromatic rings. The molecule has 0 bridgehead atoms. The summed E-state index contributed by atoms with van der Waals surface area (Å²) in [6, 6.07) is 14.6. The molecule has 0 aromatic heterocycles. The van der Waals surface area contributed by atoms with Crippen molar-refractivity contribution in [2.45, 2.75) is 37.8 Å². The molecule has 2 atom stereocenters. The zero-order valence-electron chi connectivity index (χ0n) is 15.3. The van der Waals surface area contributed by atoms with Crippen LogP contribution in [-0.4, -0.2) is 12.5 Å². The summed E-state index contributed by atoms with van der Waals surface area (Å²) in [4.78, 5) is 12.6. The number of carbonyl (C=O) groups excluding carboxylic acids is 1. The molecule has 0 saturated heterocycles. The van der Waals surface area contributed by atoms with Gasteiger partial charge in [-0.1, -0.05) is 49.2 Å². The van der Waals surface area contributed by atoms with Gasteiger partial charge in [-0.15, -0.1) is 0 Å². The fraction of sp³-hybridized carbons (Fsp3) is 0.364. The highest BCUT2D eigenvalue weighted by atomic mass is 19.4. The van der Waals surface area contributed by atoms with E-state index in [0.717, 1.165) is 42.5 Å². The molecule has 1 amide bonds. The third-order valence-electron chi connectivity index (χ3n) is 5.31. The highest BCUT2D eigenvalue weighted by Crippen LogP contribution is 2.42. The number of halogens is 3. The normalized spacial score (nSPS) is 19.6. The Morgan fingerprint density at radius 1 is 1.11 bits per heavy atom. The van der Waals surface area contributed by atoms with Gasteiger partial charge in [0.1, 0.15) is 6.54 Å². The van der Waals surface area contributed by atoms with Gasteiger partial charge in [0.2, 0.25) is 5.91 Å². The van der Waals surface area contributed by atoms with Gasteiger partial charge in [0.25, 0.3) is 0 Å². The predicted molar refractivity (Wildman–Crippen MR) is 100 cm³/mol. The second kappa shape index (κ2) is 8.47. The van der Waals surface area contributed by atoms with Crippen molar-refractivity contribution in [3.63, 3.8) is 0 Å². The van der Waals surface area contributed by atoms with Crippen LogP contribution in [-0.2, 0) is 11.0 Å². The van der Waals surface area contributed by atoms with Crippen molar-refractivity contribution in [1.29, 1.82) is 5.26 Å². The maximum Gasteiger partial charge on any atom is 0.416 e. The molecule has 6 heteroatoms. The van der Waals surface area contributed by atoms with Crippen LogP contribution in [0.5, 0.6) is 0 Å². The van der Waals surface area contributed by atoms with E-state index in [1.165, 1.54) is 6.07 Å². The molecule has 1 fully saturated rings. The Balaban J connectivity index is 2.00. The molecule has 3 nitrogen and oxygen atoms in total. The molecule has 1 N–H and O–H groups in total. The lowest BCUT2D eigenvalue weighted by Gasteiger charge is -2.32. The van der Waals surface area contributed by atoms with Crippen molar-refractivity contribution in [2.75, 3.05) is 6.54 Å². The van der Waals surface area contributed by atoms with E-state index in [1.54, 1.807) is 12.1 Å². The number of nitrogens with one attached hydrogen (secondary N) is 1. The summed E-state index contributed by atoms with van der Waals surface area (Å²) >= 11 is 0. The number of benzene rings is 2. The molecule has 146 valence electrons. The number of alkyl halides is 3. The Labute approximate surface area is 162 Å². The minimum atomic E-state index is -4.41. The maximum absolute atomic E-state index is 13.1. The van der Waals surface area contributed by atoms with Gasteiger partial charge in [0, 0.05) is 5.92 Å². The average Bonchev–Trinajstić information content (AvgIpc) is 2.71. The van der Waals surface area contributed by atoms with Gasteiger partial charge in [0.05, 0.1) is 11.6 Å². The second-order valence-corrected chi connectivity index (χ2v) is 7.04. The first-order chi connectivity index (χ1) is 13.4. The molecule has 2 unspecified atom stereocenters. The summed E-state index contributed by atoms with van der Waals surface area (Å²) in [6.45, 7) is -0.0443. The van der Waals surface area contributed by atoms with Crippen LogP contribution in [0, 0.1) is 17.2 Å². The molecule has 0 radical (unpaired) electrons. The number of amides is 1. The van der Waals surface area contributed by atoms with Crippen molar-refractivity contribution in [3.8, 4) is 17.2 Å². The molecule has 0 aliphatic heterocycles. The zero-order chi connectivity index (χ0) is 20.1. The summed E-state index contributed by atoms with van der Waals surface area (Å²) in [6.07, 6.45) is -1.02. The van der Waals surface area contributed by atoms with E-state index in [0.29, 0.717) is 12.0 Å². The summed E-state index contributed by atoms with van der Waals surface area (Å²) in [5, 5.41) is 11.4. The van der Waals surface area contributed by atoms with Crippen molar-refractivity contribution < 1.29 is 18.0 Å². The Bertz CT molecular complexity index is 886. The van der Waals surface area contributed by atoms with Crippen molar-refractivity contribution in [3.05, 3.63) is 59.7 Å². The van der Waals surface area contributed by atoms with Crippen LogP contribution in [0.1, 0.15) is 42.7 Å². The van der Waals surface area contributed by atoms with E-state index in [-0.39, 0.29) is 24.3 Å². The third-order valence-corrected chi connectivity index (χ3v) is 5.31. The number of carbonyl (C=O) groups is 1. The Morgan fingerprint density at radius 2 is 1.86 bits per heavy atom. The van der Waals surface area contributed by atoms with E-state index in [4.69, 9.17) is 5.26 Å². The summed E-state index contributed by atoms with van der Waals surface area (Å²) in [7, 11) is 0. The smallest absolute Gasteiger partial charge is 0.343 e. The molecule has 1 aliphatic carbocycles. The first-order valence-corrected chi connectivity index (χ1v) is 9.33. The molecule has 0 spiro atoms. The van der Waals surface area contributed by atoms with Crippen molar-refractivity contribution in [1.82, 2.24) is 5.32 Å². The highest BCUT2D eigenvalue weighted by molar-refractivity contribution is 5.81. The average molecular weight is 386 g/mol. The summed E-state index contributed by atoms with van der Waals surface area (Å²) < 4.78 is 39.4. The molecule has 3 rings (SSSR count).